The summed E-state index contributed by atoms with van der Waals surface area (Å²) in [6.45, 7) is 0.143. The van der Waals surface area contributed by atoms with Gasteiger partial charge in [-0.15, -0.1) is 0 Å². The lowest BCUT2D eigenvalue weighted by atomic mass is 9.84. The van der Waals surface area contributed by atoms with Crippen LogP contribution in [0.2, 0.25) is 0 Å². The smallest absolute Gasteiger partial charge is 0.314 e. The first-order chi connectivity index (χ1) is 12.6. The number of carbonyl (C=O) groups is 2. The molecule has 1 aliphatic rings. The van der Waals surface area contributed by atoms with E-state index in [1.54, 1.807) is 5.48 Å². The monoisotopic (exact) mass is 367 g/mol. The Morgan fingerprint density at radius 3 is 2.77 bits per heavy atom. The molecule has 4 N–H and O–H groups in total. The fourth-order valence-electron chi connectivity index (χ4n) is 3.46. The van der Waals surface area contributed by atoms with Crippen molar-refractivity contribution in [3.05, 3.63) is 11.7 Å². The normalized spacial score (nSPS) is 16.1. The molecule has 1 saturated carbocycles. The van der Waals surface area contributed by atoms with Crippen LogP contribution in [0.1, 0.15) is 75.4 Å². The number of hydrogen-bond acceptors (Lipinski definition) is 6. The largest absolute Gasteiger partial charge is 0.341 e. The van der Waals surface area contributed by atoms with Crippen LogP contribution < -0.4 is 16.1 Å². The summed E-state index contributed by atoms with van der Waals surface area (Å²) in [5.41, 5.74) is 1.67. The van der Waals surface area contributed by atoms with E-state index in [9.17, 15) is 9.59 Å². The molecular weight excluding hydrogens is 338 g/mol. The summed E-state index contributed by atoms with van der Waals surface area (Å²) in [6.07, 6.45) is 9.48. The number of amides is 3. The third-order valence-electron chi connectivity index (χ3n) is 4.91. The van der Waals surface area contributed by atoms with E-state index in [2.05, 4.69) is 20.8 Å². The van der Waals surface area contributed by atoms with Gasteiger partial charge in [-0.1, -0.05) is 50.1 Å². The fourth-order valence-corrected chi connectivity index (χ4v) is 3.46. The summed E-state index contributed by atoms with van der Waals surface area (Å²) >= 11 is 0. The summed E-state index contributed by atoms with van der Waals surface area (Å²) in [6, 6.07) is -0.333. The Labute approximate surface area is 153 Å². The second kappa shape index (κ2) is 10.7. The van der Waals surface area contributed by atoms with Crippen LogP contribution >= 0.6 is 0 Å². The minimum absolute atomic E-state index is 0.0890. The van der Waals surface area contributed by atoms with Crippen LogP contribution in [0.25, 0.3) is 0 Å². The van der Waals surface area contributed by atoms with Gasteiger partial charge in [-0.2, -0.15) is 4.98 Å². The van der Waals surface area contributed by atoms with E-state index in [4.69, 9.17) is 9.73 Å². The molecule has 9 heteroatoms. The van der Waals surface area contributed by atoms with Gasteiger partial charge in [0.05, 0.1) is 6.54 Å². The zero-order chi connectivity index (χ0) is 18.8. The van der Waals surface area contributed by atoms with Gasteiger partial charge >= 0.3 is 6.03 Å². The predicted octanol–water partition coefficient (Wildman–Crippen LogP) is 2.23. The molecule has 0 saturated heterocycles. The highest BCUT2D eigenvalue weighted by molar-refractivity contribution is 5.75. The van der Waals surface area contributed by atoms with Gasteiger partial charge in [-0.25, -0.2) is 10.3 Å². The molecule has 0 spiro atoms. The van der Waals surface area contributed by atoms with Crippen LogP contribution in [0.3, 0.4) is 0 Å². The number of urea groups is 1. The Bertz CT molecular complexity index is 571. The van der Waals surface area contributed by atoms with E-state index in [1.165, 1.54) is 39.2 Å². The lowest BCUT2D eigenvalue weighted by Gasteiger charge is -2.22. The number of hydrogen-bond donors (Lipinski definition) is 4. The van der Waals surface area contributed by atoms with Gasteiger partial charge < -0.3 is 15.2 Å². The van der Waals surface area contributed by atoms with Crippen molar-refractivity contribution in [2.24, 2.45) is 5.92 Å². The lowest BCUT2D eigenvalue weighted by Crippen LogP contribution is -2.32. The maximum Gasteiger partial charge on any atom is 0.314 e. The first-order valence-corrected chi connectivity index (χ1v) is 9.33. The zero-order valence-corrected chi connectivity index (χ0v) is 15.3. The molecule has 1 fully saturated rings. The number of rotatable bonds is 9. The average Bonchev–Trinajstić information content (AvgIpc) is 3.14. The molecule has 1 aromatic rings. The molecule has 0 unspecified atom stereocenters. The van der Waals surface area contributed by atoms with Crippen molar-refractivity contribution >= 4 is 11.9 Å². The van der Waals surface area contributed by atoms with Crippen molar-refractivity contribution in [3.8, 4) is 0 Å². The van der Waals surface area contributed by atoms with Gasteiger partial charge in [0.2, 0.25) is 11.8 Å². The van der Waals surface area contributed by atoms with Crippen LogP contribution in [0, 0.1) is 5.92 Å². The van der Waals surface area contributed by atoms with E-state index in [1.807, 2.05) is 0 Å². The summed E-state index contributed by atoms with van der Waals surface area (Å²) in [5.74, 6) is 0.769. The van der Waals surface area contributed by atoms with E-state index >= 15 is 0 Å². The first kappa shape index (κ1) is 20.2. The molecule has 9 nitrogen and oxygen atoms in total. The van der Waals surface area contributed by atoms with Gasteiger partial charge in [-0.3, -0.25) is 10.0 Å². The minimum Gasteiger partial charge on any atom is -0.341 e. The highest BCUT2D eigenvalue weighted by atomic mass is 16.5. The van der Waals surface area contributed by atoms with E-state index in [0.29, 0.717) is 11.7 Å². The highest BCUT2D eigenvalue weighted by Crippen LogP contribution is 2.31. The number of hydroxylamine groups is 1. The standard InChI is InChI=1S/C17H29N5O4/c1-18-17(24)19-11-14-20-16(26-22-14)13(10-15(23)21-25)9-5-8-12-6-3-2-4-7-12/h12-13,25H,2-11H2,1H3,(H,21,23)(H2,18,19,24)/t13-/m1/s1. The van der Waals surface area contributed by atoms with Crippen molar-refractivity contribution in [3.63, 3.8) is 0 Å². The average molecular weight is 367 g/mol. The molecule has 0 aliphatic heterocycles. The molecule has 0 aromatic carbocycles. The van der Waals surface area contributed by atoms with Gasteiger partial charge in [0, 0.05) is 19.4 Å². The number of aromatic nitrogens is 2. The van der Waals surface area contributed by atoms with Crippen LogP contribution in [0.15, 0.2) is 4.52 Å². The Morgan fingerprint density at radius 2 is 2.08 bits per heavy atom. The van der Waals surface area contributed by atoms with Crippen molar-refractivity contribution in [2.75, 3.05) is 7.05 Å². The Hall–Kier alpha value is -2.16. The lowest BCUT2D eigenvalue weighted by molar-refractivity contribution is -0.129. The summed E-state index contributed by atoms with van der Waals surface area (Å²) in [4.78, 5) is 27.1. The molecule has 146 valence electrons. The van der Waals surface area contributed by atoms with Crippen LogP contribution in [-0.4, -0.2) is 34.3 Å². The van der Waals surface area contributed by atoms with Crippen molar-refractivity contribution in [1.82, 2.24) is 26.3 Å². The topological polar surface area (TPSA) is 129 Å². The molecule has 0 radical (unpaired) electrons. The minimum atomic E-state index is -0.476. The summed E-state index contributed by atoms with van der Waals surface area (Å²) in [5, 5.41) is 17.7. The first-order valence-electron chi connectivity index (χ1n) is 9.33. The molecule has 0 bridgehead atoms. The van der Waals surface area contributed by atoms with Gasteiger partial charge in [0.15, 0.2) is 5.82 Å². The molecule has 1 atom stereocenters. The van der Waals surface area contributed by atoms with E-state index < -0.39 is 5.91 Å². The number of nitrogens with zero attached hydrogens (tertiary/aromatic N) is 2. The van der Waals surface area contributed by atoms with Crippen LogP contribution in [0.5, 0.6) is 0 Å². The predicted molar refractivity (Wildman–Crippen MR) is 93.3 cm³/mol. The molecule has 3 amide bonds. The summed E-state index contributed by atoms with van der Waals surface area (Å²) in [7, 11) is 1.52. The van der Waals surface area contributed by atoms with Crippen LogP contribution in [0.4, 0.5) is 4.79 Å². The molecule has 1 heterocycles. The third kappa shape index (κ3) is 6.62. The summed E-state index contributed by atoms with van der Waals surface area (Å²) < 4.78 is 5.29. The molecule has 1 aliphatic carbocycles. The maximum atomic E-state index is 11.6. The SMILES string of the molecule is CNC(=O)NCc1noc([C@H](CCCC2CCCCC2)CC(=O)NO)n1. The molecule has 2 rings (SSSR count). The molecular formula is C17H29N5O4. The van der Waals surface area contributed by atoms with E-state index in [-0.39, 0.29) is 24.9 Å². The second-order valence-electron chi connectivity index (χ2n) is 6.85. The quantitative estimate of drug-likeness (QED) is 0.391. The maximum absolute atomic E-state index is 11.6. The van der Waals surface area contributed by atoms with Gasteiger partial charge in [0.25, 0.3) is 0 Å². The highest BCUT2D eigenvalue weighted by Gasteiger charge is 2.23. The molecule has 1 aromatic heterocycles. The van der Waals surface area contributed by atoms with Gasteiger partial charge in [-0.05, 0) is 12.3 Å². The van der Waals surface area contributed by atoms with Crippen LogP contribution in [-0.2, 0) is 11.3 Å². The second-order valence-corrected chi connectivity index (χ2v) is 6.85. The van der Waals surface area contributed by atoms with Crippen molar-refractivity contribution in [2.45, 2.75) is 70.3 Å². The number of nitrogens with one attached hydrogen (secondary N) is 3. The third-order valence-corrected chi connectivity index (χ3v) is 4.91. The zero-order valence-electron chi connectivity index (χ0n) is 15.3. The Kier molecular flexibility index (Phi) is 8.33. The van der Waals surface area contributed by atoms with Crippen molar-refractivity contribution < 1.29 is 19.3 Å². The molecule has 26 heavy (non-hydrogen) atoms. The Morgan fingerprint density at radius 1 is 1.31 bits per heavy atom. The van der Waals surface area contributed by atoms with E-state index in [0.717, 1.165) is 25.2 Å². The fraction of sp³-hybridized carbons (Fsp3) is 0.765. The Balaban J connectivity index is 1.89. The van der Waals surface area contributed by atoms with Crippen molar-refractivity contribution in [1.29, 1.82) is 0 Å². The number of carbonyl (C=O) groups excluding carboxylic acids is 2. The van der Waals surface area contributed by atoms with Gasteiger partial charge in [0.1, 0.15) is 0 Å².